The van der Waals surface area contributed by atoms with Gasteiger partial charge in [-0.3, -0.25) is 14.4 Å². The SMILES string of the molecule is Cc1cc(NC(=O)c2ccc(F)cc2Cl)sc1C(=O)NCC1CC(C(N)=O)=NO1. The van der Waals surface area contributed by atoms with Gasteiger partial charge >= 0.3 is 0 Å². The maximum atomic E-state index is 13.1. The highest BCUT2D eigenvalue weighted by Crippen LogP contribution is 2.28. The van der Waals surface area contributed by atoms with E-state index in [1.54, 1.807) is 13.0 Å². The van der Waals surface area contributed by atoms with E-state index >= 15 is 0 Å². The molecule has 1 unspecified atom stereocenters. The van der Waals surface area contributed by atoms with E-state index in [4.69, 9.17) is 22.2 Å². The Morgan fingerprint density at radius 3 is 2.76 bits per heavy atom. The van der Waals surface area contributed by atoms with Crippen LogP contribution in [0, 0.1) is 12.7 Å². The van der Waals surface area contributed by atoms with Crippen LogP contribution in [0.1, 0.15) is 32.0 Å². The summed E-state index contributed by atoms with van der Waals surface area (Å²) in [5.41, 5.74) is 6.04. The number of benzene rings is 1. The number of thiophene rings is 1. The molecule has 29 heavy (non-hydrogen) atoms. The largest absolute Gasteiger partial charge is 0.390 e. The molecule has 0 saturated heterocycles. The van der Waals surface area contributed by atoms with Gasteiger partial charge < -0.3 is 21.2 Å². The van der Waals surface area contributed by atoms with Gasteiger partial charge in [-0.25, -0.2) is 4.39 Å². The van der Waals surface area contributed by atoms with Crippen LogP contribution in [0.2, 0.25) is 5.02 Å². The fourth-order valence-electron chi connectivity index (χ4n) is 2.59. The molecule has 0 bridgehead atoms. The Hall–Kier alpha value is -2.98. The van der Waals surface area contributed by atoms with Crippen LogP contribution in [-0.4, -0.2) is 36.1 Å². The lowest BCUT2D eigenvalue weighted by molar-refractivity contribution is -0.112. The predicted molar refractivity (Wildman–Crippen MR) is 107 cm³/mol. The number of anilines is 1. The first-order valence-corrected chi connectivity index (χ1v) is 9.61. The maximum absolute atomic E-state index is 13.1. The molecule has 1 aliphatic heterocycles. The Morgan fingerprint density at radius 2 is 2.10 bits per heavy atom. The van der Waals surface area contributed by atoms with E-state index in [0.29, 0.717) is 15.4 Å². The summed E-state index contributed by atoms with van der Waals surface area (Å²) in [6.07, 6.45) is -0.250. The van der Waals surface area contributed by atoms with Gasteiger partial charge in [-0.05, 0) is 36.8 Å². The van der Waals surface area contributed by atoms with Gasteiger partial charge in [0, 0.05) is 6.42 Å². The molecule has 2 aromatic rings. The number of nitrogens with zero attached hydrogens (tertiary/aromatic N) is 1. The molecule has 1 aromatic heterocycles. The first-order chi connectivity index (χ1) is 13.7. The Morgan fingerprint density at radius 1 is 1.34 bits per heavy atom. The number of primary amides is 1. The molecule has 1 aliphatic rings. The van der Waals surface area contributed by atoms with Crippen molar-refractivity contribution in [1.29, 1.82) is 0 Å². The van der Waals surface area contributed by atoms with Gasteiger partial charge in [0.2, 0.25) is 0 Å². The second-order valence-corrected chi connectivity index (χ2v) is 7.70. The molecule has 11 heteroatoms. The quantitative estimate of drug-likeness (QED) is 0.641. The zero-order valence-corrected chi connectivity index (χ0v) is 16.7. The molecule has 0 fully saturated rings. The van der Waals surface area contributed by atoms with Crippen molar-refractivity contribution in [3.63, 3.8) is 0 Å². The molecule has 0 radical (unpaired) electrons. The highest BCUT2D eigenvalue weighted by Gasteiger charge is 2.25. The summed E-state index contributed by atoms with van der Waals surface area (Å²) in [5, 5.41) is 9.35. The Balaban J connectivity index is 1.60. The standard InChI is InChI=1S/C18H16ClFN4O4S/c1-8-4-14(23-17(26)11-3-2-9(20)5-12(11)19)29-15(8)18(27)22-7-10-6-13(16(21)25)24-28-10/h2-5,10H,6-7H2,1H3,(H2,21,25)(H,22,27)(H,23,26). The summed E-state index contributed by atoms with van der Waals surface area (Å²) in [4.78, 5) is 41.3. The van der Waals surface area contributed by atoms with E-state index in [1.165, 1.54) is 6.07 Å². The normalized spacial score (nSPS) is 15.4. The lowest BCUT2D eigenvalue weighted by Gasteiger charge is -2.09. The number of oxime groups is 1. The van der Waals surface area contributed by atoms with Crippen molar-refractivity contribution in [2.24, 2.45) is 10.9 Å². The lowest BCUT2D eigenvalue weighted by Crippen LogP contribution is -2.33. The minimum Gasteiger partial charge on any atom is -0.390 e. The molecule has 2 heterocycles. The Bertz CT molecular complexity index is 1020. The monoisotopic (exact) mass is 438 g/mol. The van der Waals surface area contributed by atoms with Crippen molar-refractivity contribution in [3.8, 4) is 0 Å². The first kappa shape index (κ1) is 20.7. The van der Waals surface area contributed by atoms with E-state index in [-0.39, 0.29) is 35.2 Å². The van der Waals surface area contributed by atoms with Crippen LogP contribution in [0.25, 0.3) is 0 Å². The van der Waals surface area contributed by atoms with Crippen molar-refractivity contribution in [2.75, 3.05) is 11.9 Å². The third kappa shape index (κ3) is 4.90. The van der Waals surface area contributed by atoms with Gasteiger partial charge in [0.05, 0.1) is 27.0 Å². The van der Waals surface area contributed by atoms with Gasteiger partial charge in [-0.1, -0.05) is 16.8 Å². The number of carbonyl (C=O) groups is 3. The number of hydrogen-bond acceptors (Lipinski definition) is 6. The molecular formula is C18H16ClFN4O4S. The van der Waals surface area contributed by atoms with E-state index < -0.39 is 23.7 Å². The Labute approximate surface area is 173 Å². The van der Waals surface area contributed by atoms with Crippen LogP contribution in [0.3, 0.4) is 0 Å². The van der Waals surface area contributed by atoms with Gasteiger partial charge in [-0.2, -0.15) is 0 Å². The second kappa shape index (κ2) is 8.58. The third-order valence-corrected chi connectivity index (χ3v) is 5.51. The lowest BCUT2D eigenvalue weighted by atomic mass is 10.1. The summed E-state index contributed by atoms with van der Waals surface area (Å²) >= 11 is 6.98. The molecule has 0 saturated carbocycles. The average Bonchev–Trinajstić information content (AvgIpc) is 3.26. The molecular weight excluding hydrogens is 423 g/mol. The summed E-state index contributed by atoms with van der Waals surface area (Å²) in [6.45, 7) is 1.87. The molecule has 0 aliphatic carbocycles. The van der Waals surface area contributed by atoms with Crippen molar-refractivity contribution >= 4 is 51.4 Å². The minimum absolute atomic E-state index is 0.0112. The molecule has 1 aromatic carbocycles. The van der Waals surface area contributed by atoms with Gasteiger partial charge in [-0.15, -0.1) is 11.3 Å². The summed E-state index contributed by atoms with van der Waals surface area (Å²) in [5.74, 6) is -2.07. The van der Waals surface area contributed by atoms with Crippen LogP contribution in [0.15, 0.2) is 29.4 Å². The van der Waals surface area contributed by atoms with E-state index in [1.807, 2.05) is 0 Å². The van der Waals surface area contributed by atoms with Crippen molar-refractivity contribution in [3.05, 3.63) is 51.1 Å². The van der Waals surface area contributed by atoms with Crippen molar-refractivity contribution in [1.82, 2.24) is 5.32 Å². The fraction of sp³-hybridized carbons (Fsp3) is 0.222. The number of rotatable bonds is 6. The molecule has 4 N–H and O–H groups in total. The van der Waals surface area contributed by atoms with Crippen LogP contribution >= 0.6 is 22.9 Å². The highest BCUT2D eigenvalue weighted by molar-refractivity contribution is 7.18. The fourth-order valence-corrected chi connectivity index (χ4v) is 3.83. The summed E-state index contributed by atoms with van der Waals surface area (Å²) in [6, 6.07) is 5.12. The van der Waals surface area contributed by atoms with E-state index in [9.17, 15) is 18.8 Å². The number of hydrogen-bond donors (Lipinski definition) is 3. The van der Waals surface area contributed by atoms with Crippen LogP contribution in [0.5, 0.6) is 0 Å². The average molecular weight is 439 g/mol. The minimum atomic E-state index is -0.658. The third-order valence-electron chi connectivity index (χ3n) is 4.04. The molecule has 3 amide bonds. The molecule has 8 nitrogen and oxygen atoms in total. The zero-order valence-electron chi connectivity index (χ0n) is 15.1. The molecule has 3 rings (SSSR count). The molecule has 152 valence electrons. The number of nitrogens with one attached hydrogen (secondary N) is 2. The Kier molecular flexibility index (Phi) is 6.14. The topological polar surface area (TPSA) is 123 Å². The van der Waals surface area contributed by atoms with Crippen LogP contribution in [0.4, 0.5) is 9.39 Å². The predicted octanol–water partition coefficient (Wildman–Crippen LogP) is 2.46. The number of nitrogens with two attached hydrogens (primary N) is 1. The van der Waals surface area contributed by atoms with Crippen LogP contribution < -0.4 is 16.4 Å². The maximum Gasteiger partial charge on any atom is 0.266 e. The number of amides is 3. The summed E-state index contributed by atoms with van der Waals surface area (Å²) < 4.78 is 13.1. The number of carbonyl (C=O) groups excluding carboxylic acids is 3. The van der Waals surface area contributed by atoms with E-state index in [0.717, 1.165) is 23.5 Å². The van der Waals surface area contributed by atoms with Gasteiger partial charge in [0.25, 0.3) is 17.7 Å². The van der Waals surface area contributed by atoms with Crippen molar-refractivity contribution in [2.45, 2.75) is 19.4 Å². The zero-order chi connectivity index (χ0) is 21.1. The van der Waals surface area contributed by atoms with E-state index in [2.05, 4.69) is 15.8 Å². The number of halogens is 2. The number of aryl methyl sites for hydroxylation is 1. The van der Waals surface area contributed by atoms with Crippen molar-refractivity contribution < 1.29 is 23.6 Å². The molecule has 0 spiro atoms. The smallest absolute Gasteiger partial charge is 0.266 e. The highest BCUT2D eigenvalue weighted by atomic mass is 35.5. The van der Waals surface area contributed by atoms with Crippen LogP contribution in [-0.2, 0) is 9.63 Å². The summed E-state index contributed by atoms with van der Waals surface area (Å²) in [7, 11) is 0. The van der Waals surface area contributed by atoms with Gasteiger partial charge in [0.15, 0.2) is 6.10 Å². The second-order valence-electron chi connectivity index (χ2n) is 6.24. The molecule has 1 atom stereocenters. The van der Waals surface area contributed by atoms with Gasteiger partial charge in [0.1, 0.15) is 11.5 Å². The first-order valence-electron chi connectivity index (χ1n) is 8.42.